The van der Waals surface area contributed by atoms with Crippen molar-refractivity contribution in [1.29, 1.82) is 0 Å². The van der Waals surface area contributed by atoms with Crippen molar-refractivity contribution in [3.05, 3.63) is 129 Å². The first-order valence-corrected chi connectivity index (χ1v) is 17.4. The van der Waals surface area contributed by atoms with E-state index in [9.17, 15) is 18.0 Å². The van der Waals surface area contributed by atoms with Crippen molar-refractivity contribution in [2.24, 2.45) is 0 Å². The quantitative estimate of drug-likeness (QED) is 0.141. The van der Waals surface area contributed by atoms with Crippen LogP contribution in [-0.2, 0) is 32.6 Å². The fourth-order valence-corrected chi connectivity index (χ4v) is 6.81. The highest BCUT2D eigenvalue weighted by atomic mass is 35.5. The highest BCUT2D eigenvalue weighted by Gasteiger charge is 2.35. The number of hydrogen-bond donors (Lipinski definition) is 1. The van der Waals surface area contributed by atoms with Crippen molar-refractivity contribution < 1.29 is 18.0 Å². The molecule has 46 heavy (non-hydrogen) atoms. The first-order chi connectivity index (χ1) is 22.0. The smallest absolute Gasteiger partial charge is 0.264 e. The third-order valence-corrected chi connectivity index (χ3v) is 9.96. The lowest BCUT2D eigenvalue weighted by Crippen LogP contribution is -2.53. The molecule has 4 rings (SSSR count). The number of rotatable bonds is 14. The van der Waals surface area contributed by atoms with Gasteiger partial charge in [0.1, 0.15) is 12.6 Å². The number of halogens is 2. The van der Waals surface area contributed by atoms with Crippen LogP contribution in [0.2, 0.25) is 10.0 Å². The Bertz CT molecular complexity index is 1730. The molecule has 0 saturated heterocycles. The number of aryl methyl sites for hydroxylation is 2. The largest absolute Gasteiger partial charge is 0.354 e. The van der Waals surface area contributed by atoms with Crippen molar-refractivity contribution in [3.63, 3.8) is 0 Å². The van der Waals surface area contributed by atoms with Gasteiger partial charge in [-0.25, -0.2) is 8.42 Å². The Labute approximate surface area is 282 Å². The molecule has 2 amide bonds. The number of sulfonamides is 1. The molecule has 0 radical (unpaired) electrons. The maximum absolute atomic E-state index is 14.6. The van der Waals surface area contributed by atoms with E-state index in [4.69, 9.17) is 23.2 Å². The lowest BCUT2D eigenvalue weighted by Gasteiger charge is -2.34. The Morgan fingerprint density at radius 1 is 0.826 bits per heavy atom. The van der Waals surface area contributed by atoms with Gasteiger partial charge in [0, 0.05) is 29.6 Å². The SMILES string of the molecule is CCCCNC(=O)C(Cc1ccccc1)N(Cc1ccc(Cl)cc1)C(=O)CN(c1cc(Cl)ccc1C)S(=O)(=O)c1ccc(C)cc1. The number of nitrogens with zero attached hydrogens (tertiary/aromatic N) is 2. The lowest BCUT2D eigenvalue weighted by molar-refractivity contribution is -0.140. The standard InChI is InChI=1S/C36H39Cl2N3O4S/c1-4-5-21-39-36(43)34(22-28-9-7-6-8-10-28)40(24-29-14-17-30(37)18-15-29)35(42)25-41(33-23-31(38)16-13-27(33)3)46(44,45)32-19-11-26(2)12-20-32/h6-20,23,34H,4-5,21-22,24-25H2,1-3H3,(H,39,43). The van der Waals surface area contributed by atoms with Crippen LogP contribution in [0.25, 0.3) is 0 Å². The van der Waals surface area contributed by atoms with E-state index in [1.165, 1.54) is 17.0 Å². The molecule has 1 atom stereocenters. The zero-order valence-corrected chi connectivity index (χ0v) is 28.6. The van der Waals surface area contributed by atoms with Gasteiger partial charge in [0.2, 0.25) is 11.8 Å². The van der Waals surface area contributed by atoms with E-state index in [0.29, 0.717) is 22.2 Å². The van der Waals surface area contributed by atoms with Crippen LogP contribution in [0.3, 0.4) is 0 Å². The van der Waals surface area contributed by atoms with Crippen LogP contribution in [0.5, 0.6) is 0 Å². The molecule has 0 aromatic heterocycles. The molecule has 0 aliphatic rings. The van der Waals surface area contributed by atoms with Crippen LogP contribution in [0, 0.1) is 13.8 Å². The monoisotopic (exact) mass is 679 g/mol. The molecule has 0 spiro atoms. The molecule has 0 fully saturated rings. The molecular weight excluding hydrogens is 641 g/mol. The first-order valence-electron chi connectivity index (χ1n) is 15.2. The number of anilines is 1. The van der Waals surface area contributed by atoms with Crippen LogP contribution in [0.1, 0.15) is 42.0 Å². The molecule has 1 N–H and O–H groups in total. The molecule has 0 bridgehead atoms. The summed E-state index contributed by atoms with van der Waals surface area (Å²) in [5.74, 6) is -0.858. The predicted molar refractivity (Wildman–Crippen MR) is 186 cm³/mol. The van der Waals surface area contributed by atoms with Gasteiger partial charge in [-0.1, -0.05) is 103 Å². The van der Waals surface area contributed by atoms with E-state index in [1.54, 1.807) is 61.5 Å². The summed E-state index contributed by atoms with van der Waals surface area (Å²) in [6, 6.07) is 26.9. The van der Waals surface area contributed by atoms with Crippen LogP contribution in [-0.4, -0.2) is 44.3 Å². The van der Waals surface area contributed by atoms with Crippen molar-refractivity contribution in [2.75, 3.05) is 17.4 Å². The van der Waals surface area contributed by atoms with Crippen molar-refractivity contribution in [1.82, 2.24) is 10.2 Å². The summed E-state index contributed by atoms with van der Waals surface area (Å²) in [5.41, 5.74) is 3.40. The number of carbonyl (C=O) groups excluding carboxylic acids is 2. The number of hydrogen-bond acceptors (Lipinski definition) is 4. The third-order valence-electron chi connectivity index (χ3n) is 7.69. The minimum Gasteiger partial charge on any atom is -0.354 e. The molecule has 7 nitrogen and oxygen atoms in total. The van der Waals surface area contributed by atoms with Gasteiger partial charge in [0.25, 0.3) is 10.0 Å². The van der Waals surface area contributed by atoms with Crippen LogP contribution in [0.4, 0.5) is 5.69 Å². The molecule has 0 heterocycles. The highest BCUT2D eigenvalue weighted by molar-refractivity contribution is 7.92. The first kappa shape index (κ1) is 35.0. The molecular formula is C36H39Cl2N3O4S. The Balaban J connectivity index is 1.81. The average Bonchev–Trinajstić information content (AvgIpc) is 3.04. The number of carbonyl (C=O) groups is 2. The van der Waals surface area contributed by atoms with Crippen LogP contribution >= 0.6 is 23.2 Å². The summed E-state index contributed by atoms with van der Waals surface area (Å²) in [6.45, 7) is 5.62. The predicted octanol–water partition coefficient (Wildman–Crippen LogP) is 7.36. The fraction of sp³-hybridized carbons (Fsp3) is 0.278. The third kappa shape index (κ3) is 9.12. The second-order valence-corrected chi connectivity index (χ2v) is 14.0. The van der Waals surface area contributed by atoms with Gasteiger partial charge in [0.05, 0.1) is 10.6 Å². The summed E-state index contributed by atoms with van der Waals surface area (Å²) < 4.78 is 29.6. The van der Waals surface area contributed by atoms with E-state index in [0.717, 1.165) is 33.8 Å². The molecule has 0 aliphatic heterocycles. The normalized spacial score (nSPS) is 11.9. The average molecular weight is 681 g/mol. The fourth-order valence-electron chi connectivity index (χ4n) is 5.05. The van der Waals surface area contributed by atoms with Crippen LogP contribution < -0.4 is 9.62 Å². The summed E-state index contributed by atoms with van der Waals surface area (Å²) in [5, 5.41) is 3.85. The Morgan fingerprint density at radius 3 is 2.13 bits per heavy atom. The zero-order valence-electron chi connectivity index (χ0n) is 26.2. The number of unbranched alkanes of at least 4 members (excludes halogenated alkanes) is 1. The van der Waals surface area contributed by atoms with Gasteiger partial charge < -0.3 is 10.2 Å². The topological polar surface area (TPSA) is 86.8 Å². The van der Waals surface area contributed by atoms with Crippen molar-refractivity contribution in [2.45, 2.75) is 57.5 Å². The summed E-state index contributed by atoms with van der Waals surface area (Å²) in [4.78, 5) is 29.9. The molecule has 10 heteroatoms. The molecule has 1 unspecified atom stereocenters. The van der Waals surface area contributed by atoms with Crippen LogP contribution in [0.15, 0.2) is 102 Å². The van der Waals surface area contributed by atoms with E-state index in [-0.39, 0.29) is 29.5 Å². The van der Waals surface area contributed by atoms with Gasteiger partial charge in [0.15, 0.2) is 0 Å². The molecule has 4 aromatic rings. The molecule has 242 valence electrons. The van der Waals surface area contributed by atoms with E-state index in [1.807, 2.05) is 44.2 Å². The summed E-state index contributed by atoms with van der Waals surface area (Å²) >= 11 is 12.5. The van der Waals surface area contributed by atoms with E-state index < -0.39 is 28.5 Å². The zero-order chi connectivity index (χ0) is 33.3. The maximum Gasteiger partial charge on any atom is 0.264 e. The number of benzene rings is 4. The second-order valence-electron chi connectivity index (χ2n) is 11.3. The van der Waals surface area contributed by atoms with Gasteiger partial charge in [-0.15, -0.1) is 0 Å². The minimum atomic E-state index is -4.23. The Kier molecular flexibility index (Phi) is 12.3. The van der Waals surface area contributed by atoms with Crippen molar-refractivity contribution >= 4 is 50.7 Å². The Morgan fingerprint density at radius 2 is 1.48 bits per heavy atom. The van der Waals surface area contributed by atoms with Gasteiger partial charge in [-0.3, -0.25) is 13.9 Å². The van der Waals surface area contributed by atoms with Gasteiger partial charge in [-0.05, 0) is 73.4 Å². The Hall–Kier alpha value is -3.85. The summed E-state index contributed by atoms with van der Waals surface area (Å²) in [6.07, 6.45) is 1.91. The van der Waals surface area contributed by atoms with E-state index >= 15 is 0 Å². The minimum absolute atomic E-state index is 0.0349. The lowest BCUT2D eigenvalue weighted by atomic mass is 10.0. The van der Waals surface area contributed by atoms with Gasteiger partial charge in [-0.2, -0.15) is 0 Å². The molecule has 4 aromatic carbocycles. The second kappa shape index (κ2) is 16.1. The molecule has 0 saturated carbocycles. The van der Waals surface area contributed by atoms with Gasteiger partial charge >= 0.3 is 0 Å². The van der Waals surface area contributed by atoms with Crippen molar-refractivity contribution in [3.8, 4) is 0 Å². The number of nitrogens with one attached hydrogen (secondary N) is 1. The molecule has 0 aliphatic carbocycles. The number of amides is 2. The maximum atomic E-state index is 14.6. The highest BCUT2D eigenvalue weighted by Crippen LogP contribution is 2.30. The van der Waals surface area contributed by atoms with E-state index in [2.05, 4.69) is 5.32 Å². The summed E-state index contributed by atoms with van der Waals surface area (Å²) in [7, 11) is -4.23.